The van der Waals surface area contributed by atoms with Crippen LogP contribution in [0.4, 0.5) is 0 Å². The quantitative estimate of drug-likeness (QED) is 0.426. The molecule has 4 nitrogen and oxygen atoms in total. The van der Waals surface area contributed by atoms with Gasteiger partial charge in [-0.1, -0.05) is 47.5 Å². The zero-order valence-corrected chi connectivity index (χ0v) is 17.4. The molecule has 0 aliphatic heterocycles. The van der Waals surface area contributed by atoms with Gasteiger partial charge in [0.05, 0.1) is 28.5 Å². The number of carbonyl (C=O) groups is 1. The average molecular weight is 430 g/mol. The van der Waals surface area contributed by atoms with E-state index in [0.717, 1.165) is 22.4 Å². The van der Waals surface area contributed by atoms with Crippen LogP contribution in [0.3, 0.4) is 0 Å². The number of fused-ring (bicyclic) bond motifs is 1. The Morgan fingerprint density at radius 3 is 2.75 bits per heavy atom. The second kappa shape index (κ2) is 7.95. The van der Waals surface area contributed by atoms with Gasteiger partial charge in [-0.3, -0.25) is 4.79 Å². The molecule has 0 aliphatic carbocycles. The highest BCUT2D eigenvalue weighted by atomic mass is 35.5. The van der Waals surface area contributed by atoms with Crippen LogP contribution in [0, 0.1) is 0 Å². The lowest BCUT2D eigenvalue weighted by Gasteiger charge is -2.17. The second-order valence-corrected chi connectivity index (χ2v) is 8.24. The number of nitrogens with one attached hydrogen (secondary N) is 1. The Kier molecular flexibility index (Phi) is 5.40. The molecule has 0 spiro atoms. The topological polar surface area (TPSA) is 46.9 Å². The molecule has 0 aliphatic rings. The van der Waals surface area contributed by atoms with E-state index in [1.165, 1.54) is 11.3 Å². The van der Waals surface area contributed by atoms with Crippen molar-refractivity contribution in [3.8, 4) is 0 Å². The van der Waals surface area contributed by atoms with Gasteiger partial charge >= 0.3 is 0 Å². The molecule has 7 heteroatoms. The minimum absolute atomic E-state index is 0.106. The van der Waals surface area contributed by atoms with E-state index in [1.807, 2.05) is 60.8 Å². The van der Waals surface area contributed by atoms with E-state index in [9.17, 15) is 4.79 Å². The molecule has 2 heterocycles. The summed E-state index contributed by atoms with van der Waals surface area (Å²) in [5.74, 6) is 0.669. The van der Waals surface area contributed by atoms with Crippen molar-refractivity contribution in [1.29, 1.82) is 0 Å². The SMILES string of the molecule is CC(NC(=O)c1cccs1)c1nc2ccccc2n1Cc1ccc(Cl)cc1Cl. The molecule has 142 valence electrons. The van der Waals surface area contributed by atoms with Crippen LogP contribution in [0.15, 0.2) is 60.0 Å². The summed E-state index contributed by atoms with van der Waals surface area (Å²) in [6.45, 7) is 2.47. The van der Waals surface area contributed by atoms with Gasteiger partial charge in [0, 0.05) is 10.0 Å². The van der Waals surface area contributed by atoms with E-state index in [0.29, 0.717) is 21.5 Å². The van der Waals surface area contributed by atoms with Gasteiger partial charge < -0.3 is 9.88 Å². The summed E-state index contributed by atoms with van der Waals surface area (Å²) in [4.78, 5) is 17.9. The fraction of sp³-hybridized carbons (Fsp3) is 0.143. The van der Waals surface area contributed by atoms with E-state index in [-0.39, 0.29) is 11.9 Å². The zero-order valence-electron chi connectivity index (χ0n) is 15.0. The van der Waals surface area contributed by atoms with Gasteiger partial charge in [-0.2, -0.15) is 0 Å². The molecule has 1 N–H and O–H groups in total. The third-order valence-electron chi connectivity index (χ3n) is 4.51. The highest BCUT2D eigenvalue weighted by Crippen LogP contribution is 2.26. The standard InChI is InChI=1S/C21H17Cl2N3OS/c1-13(24-21(27)19-7-4-10-28-19)20-25-17-5-2-3-6-18(17)26(20)12-14-8-9-15(22)11-16(14)23/h2-11,13H,12H2,1H3,(H,24,27). The van der Waals surface area contributed by atoms with Crippen LogP contribution in [-0.2, 0) is 6.54 Å². The molecule has 4 rings (SSSR count). The summed E-state index contributed by atoms with van der Waals surface area (Å²) in [6, 6.07) is 16.8. The molecule has 28 heavy (non-hydrogen) atoms. The van der Waals surface area contributed by atoms with Crippen molar-refractivity contribution in [3.05, 3.63) is 86.3 Å². The minimum atomic E-state index is -0.270. The molecular weight excluding hydrogens is 413 g/mol. The predicted octanol–water partition coefficient (Wildman–Crippen LogP) is 5.94. The Hall–Kier alpha value is -2.34. The number of halogens is 2. The van der Waals surface area contributed by atoms with E-state index in [1.54, 1.807) is 6.07 Å². The van der Waals surface area contributed by atoms with Gasteiger partial charge in [-0.25, -0.2) is 4.98 Å². The summed E-state index contributed by atoms with van der Waals surface area (Å²) in [7, 11) is 0. The minimum Gasteiger partial charge on any atom is -0.342 e. The number of benzene rings is 2. The highest BCUT2D eigenvalue weighted by Gasteiger charge is 2.20. The van der Waals surface area contributed by atoms with Crippen LogP contribution in [0.1, 0.15) is 34.0 Å². The average Bonchev–Trinajstić information content (AvgIpc) is 3.32. The molecule has 0 saturated carbocycles. The first-order chi connectivity index (χ1) is 13.5. The Bertz CT molecular complexity index is 1140. The van der Waals surface area contributed by atoms with Crippen LogP contribution in [0.25, 0.3) is 11.0 Å². The van der Waals surface area contributed by atoms with Crippen molar-refractivity contribution in [2.75, 3.05) is 0 Å². The van der Waals surface area contributed by atoms with Crippen LogP contribution in [0.2, 0.25) is 10.0 Å². The largest absolute Gasteiger partial charge is 0.342 e. The highest BCUT2D eigenvalue weighted by molar-refractivity contribution is 7.12. The molecule has 1 atom stereocenters. The summed E-state index contributed by atoms with van der Waals surface area (Å²) in [5, 5.41) is 6.13. The van der Waals surface area contributed by atoms with Crippen molar-refractivity contribution < 1.29 is 4.79 Å². The van der Waals surface area contributed by atoms with Crippen LogP contribution in [0.5, 0.6) is 0 Å². The molecule has 4 aromatic rings. The smallest absolute Gasteiger partial charge is 0.261 e. The third kappa shape index (κ3) is 3.78. The molecule has 2 aromatic carbocycles. The third-order valence-corrected chi connectivity index (χ3v) is 5.96. The van der Waals surface area contributed by atoms with Gasteiger partial charge in [0.2, 0.25) is 0 Å². The summed E-state index contributed by atoms with van der Waals surface area (Å²) < 4.78 is 2.09. The Labute approximate surface area is 176 Å². The lowest BCUT2D eigenvalue weighted by Crippen LogP contribution is -2.28. The van der Waals surface area contributed by atoms with Crippen molar-refractivity contribution in [2.24, 2.45) is 0 Å². The van der Waals surface area contributed by atoms with Gasteiger partial charge in [0.15, 0.2) is 0 Å². The maximum absolute atomic E-state index is 12.5. The fourth-order valence-corrected chi connectivity index (χ4v) is 4.25. The number of hydrogen-bond acceptors (Lipinski definition) is 3. The van der Waals surface area contributed by atoms with Crippen molar-refractivity contribution in [3.63, 3.8) is 0 Å². The lowest BCUT2D eigenvalue weighted by atomic mass is 10.2. The van der Waals surface area contributed by atoms with Gasteiger partial charge in [-0.15, -0.1) is 11.3 Å². The Morgan fingerprint density at radius 1 is 1.18 bits per heavy atom. The number of para-hydroxylation sites is 2. The summed E-state index contributed by atoms with van der Waals surface area (Å²) in [5.41, 5.74) is 2.80. The molecule has 1 amide bonds. The number of carbonyl (C=O) groups excluding carboxylic acids is 1. The molecule has 0 bridgehead atoms. The Morgan fingerprint density at radius 2 is 2.00 bits per heavy atom. The number of aromatic nitrogens is 2. The molecule has 0 saturated heterocycles. The molecule has 1 unspecified atom stereocenters. The summed E-state index contributed by atoms with van der Waals surface area (Å²) in [6.07, 6.45) is 0. The first-order valence-electron chi connectivity index (χ1n) is 8.76. The Balaban J connectivity index is 1.71. The van der Waals surface area contributed by atoms with Crippen LogP contribution < -0.4 is 5.32 Å². The van der Waals surface area contributed by atoms with Crippen molar-refractivity contribution in [1.82, 2.24) is 14.9 Å². The monoisotopic (exact) mass is 429 g/mol. The van der Waals surface area contributed by atoms with E-state index in [2.05, 4.69) is 9.88 Å². The van der Waals surface area contributed by atoms with E-state index in [4.69, 9.17) is 28.2 Å². The number of hydrogen-bond donors (Lipinski definition) is 1. The van der Waals surface area contributed by atoms with Crippen LogP contribution in [-0.4, -0.2) is 15.5 Å². The van der Waals surface area contributed by atoms with Crippen molar-refractivity contribution >= 4 is 51.5 Å². The van der Waals surface area contributed by atoms with Gasteiger partial charge in [-0.05, 0) is 48.2 Å². The summed E-state index contributed by atoms with van der Waals surface area (Å²) >= 11 is 13.8. The predicted molar refractivity (Wildman–Crippen MR) is 115 cm³/mol. The van der Waals surface area contributed by atoms with Crippen molar-refractivity contribution in [2.45, 2.75) is 19.5 Å². The maximum Gasteiger partial charge on any atom is 0.261 e. The molecule has 0 fully saturated rings. The van der Waals surface area contributed by atoms with E-state index >= 15 is 0 Å². The molecule has 0 radical (unpaired) electrons. The first-order valence-corrected chi connectivity index (χ1v) is 10.4. The fourth-order valence-electron chi connectivity index (χ4n) is 3.15. The molecule has 2 aromatic heterocycles. The van der Waals surface area contributed by atoms with Gasteiger partial charge in [0.1, 0.15) is 5.82 Å². The zero-order chi connectivity index (χ0) is 19.7. The van der Waals surface area contributed by atoms with E-state index < -0.39 is 0 Å². The lowest BCUT2D eigenvalue weighted by molar-refractivity contribution is 0.0942. The molecular formula is C21H17Cl2N3OS. The number of imidazole rings is 1. The number of nitrogens with zero attached hydrogens (tertiary/aromatic N) is 2. The normalized spacial score (nSPS) is 12.2. The number of rotatable bonds is 5. The maximum atomic E-state index is 12.5. The number of thiophene rings is 1. The second-order valence-electron chi connectivity index (χ2n) is 6.45. The number of amides is 1. The first kappa shape index (κ1) is 19.0. The van der Waals surface area contributed by atoms with Crippen LogP contribution >= 0.6 is 34.5 Å². The van der Waals surface area contributed by atoms with Gasteiger partial charge in [0.25, 0.3) is 5.91 Å².